The fraction of sp³-hybridized carbons (Fsp3) is 0.200. The van der Waals surface area contributed by atoms with E-state index in [1.165, 1.54) is 24.3 Å². The number of benzene rings is 2. The lowest BCUT2D eigenvalue weighted by molar-refractivity contribution is -0.137. The Morgan fingerprint density at radius 3 is 2.17 bits per heavy atom. The van der Waals surface area contributed by atoms with Crippen LogP contribution in [0.3, 0.4) is 0 Å². The second-order valence-corrected chi connectivity index (χ2v) is 6.10. The Morgan fingerprint density at radius 1 is 1.03 bits per heavy atom. The Labute approximate surface area is 167 Å². The molecule has 0 saturated carbocycles. The summed E-state index contributed by atoms with van der Waals surface area (Å²) in [5, 5.41) is 14.6. The molecule has 0 aliphatic rings. The molecular formula is C20H16F6N2O2. The van der Waals surface area contributed by atoms with Crippen LogP contribution >= 0.6 is 0 Å². The Balaban J connectivity index is 2.47. The van der Waals surface area contributed by atoms with E-state index in [0.717, 1.165) is 12.1 Å². The molecule has 0 aromatic heterocycles. The monoisotopic (exact) mass is 430 g/mol. The van der Waals surface area contributed by atoms with Crippen LogP contribution in [0.25, 0.3) is 5.57 Å². The van der Waals surface area contributed by atoms with Gasteiger partial charge in [0.05, 0.1) is 11.1 Å². The Morgan fingerprint density at radius 2 is 1.67 bits per heavy atom. The number of amides is 1. The van der Waals surface area contributed by atoms with Gasteiger partial charge in [-0.1, -0.05) is 36.3 Å². The molecule has 0 unspecified atom stereocenters. The third kappa shape index (κ3) is 5.85. The molecule has 2 rings (SSSR count). The molecule has 10 heteroatoms. The second kappa shape index (κ2) is 9.02. The number of carbonyl (C=O) groups excluding carboxylic acids is 1. The van der Waals surface area contributed by atoms with Crippen molar-refractivity contribution in [1.29, 1.82) is 0 Å². The van der Waals surface area contributed by atoms with E-state index in [2.05, 4.69) is 10.5 Å². The smallest absolute Gasteiger partial charge is 0.410 e. The maximum atomic E-state index is 13.6. The standard InChI is InChI=1S/C20H16F6N2O2/c1-2-18(29)27-15-8-6-12(7-9-15)17(28-30)11-16(20(24,25)26)13-4-3-5-14(10-13)19(21,22)23/h3-11,30H,2H2,1H3,(H,27,29)/b16-11-,28-17-. The molecule has 0 fully saturated rings. The summed E-state index contributed by atoms with van der Waals surface area (Å²) in [5.74, 6) is -0.275. The van der Waals surface area contributed by atoms with Gasteiger partial charge >= 0.3 is 12.4 Å². The maximum Gasteiger partial charge on any atom is 0.417 e. The SMILES string of the molecule is CCC(=O)Nc1ccc(C(/C=C(/c2cccc(C(F)(F)F)c2)C(F)(F)F)=N\O)cc1. The molecular weight excluding hydrogens is 414 g/mol. The van der Waals surface area contributed by atoms with Gasteiger partial charge in [-0.25, -0.2) is 0 Å². The fourth-order valence-electron chi connectivity index (χ4n) is 2.47. The molecule has 2 aromatic carbocycles. The number of oxime groups is 1. The van der Waals surface area contributed by atoms with E-state index in [4.69, 9.17) is 0 Å². The summed E-state index contributed by atoms with van der Waals surface area (Å²) in [5.41, 5.74) is -3.47. The van der Waals surface area contributed by atoms with Crippen LogP contribution in [-0.4, -0.2) is 23.0 Å². The normalized spacial score (nSPS) is 13.3. The van der Waals surface area contributed by atoms with Crippen LogP contribution in [0.2, 0.25) is 0 Å². The number of alkyl halides is 6. The lowest BCUT2D eigenvalue weighted by atomic mass is 9.99. The summed E-state index contributed by atoms with van der Waals surface area (Å²) in [6, 6.07) is 8.15. The van der Waals surface area contributed by atoms with Gasteiger partial charge in [0.1, 0.15) is 5.71 Å². The van der Waals surface area contributed by atoms with Gasteiger partial charge in [-0.3, -0.25) is 4.79 Å². The first-order valence-corrected chi connectivity index (χ1v) is 8.54. The molecule has 0 saturated heterocycles. The van der Waals surface area contributed by atoms with Crippen LogP contribution < -0.4 is 5.32 Å². The van der Waals surface area contributed by atoms with E-state index in [9.17, 15) is 36.3 Å². The van der Waals surface area contributed by atoms with Crippen LogP contribution in [0, 0.1) is 0 Å². The molecule has 0 bridgehead atoms. The van der Waals surface area contributed by atoms with Crippen LogP contribution in [0.1, 0.15) is 30.0 Å². The number of hydrogen-bond donors (Lipinski definition) is 2. The predicted molar refractivity (Wildman–Crippen MR) is 99.2 cm³/mol. The Hall–Kier alpha value is -3.30. The number of carbonyl (C=O) groups is 1. The zero-order chi connectivity index (χ0) is 22.5. The van der Waals surface area contributed by atoms with E-state index >= 15 is 0 Å². The van der Waals surface area contributed by atoms with Crippen LogP contribution in [0.4, 0.5) is 32.0 Å². The summed E-state index contributed by atoms with van der Waals surface area (Å²) in [4.78, 5) is 11.4. The van der Waals surface area contributed by atoms with E-state index in [-0.39, 0.29) is 17.9 Å². The highest BCUT2D eigenvalue weighted by molar-refractivity contribution is 6.12. The summed E-state index contributed by atoms with van der Waals surface area (Å²) < 4.78 is 79.3. The first-order valence-electron chi connectivity index (χ1n) is 8.54. The van der Waals surface area contributed by atoms with E-state index in [1.54, 1.807) is 6.92 Å². The Bertz CT molecular complexity index is 960. The quantitative estimate of drug-likeness (QED) is 0.269. The van der Waals surface area contributed by atoms with Crippen LogP contribution in [-0.2, 0) is 11.0 Å². The maximum absolute atomic E-state index is 13.6. The minimum Gasteiger partial charge on any atom is -0.410 e. The number of nitrogens with zero attached hydrogens (tertiary/aromatic N) is 1. The van der Waals surface area contributed by atoms with Crippen molar-refractivity contribution < 1.29 is 36.3 Å². The lowest BCUT2D eigenvalue weighted by Gasteiger charge is -2.15. The number of nitrogens with one attached hydrogen (secondary N) is 1. The fourth-order valence-corrected chi connectivity index (χ4v) is 2.47. The molecule has 0 aliphatic heterocycles. The molecule has 0 aliphatic carbocycles. The van der Waals surface area contributed by atoms with E-state index in [1.807, 2.05) is 0 Å². The van der Waals surface area contributed by atoms with Gasteiger partial charge in [-0.2, -0.15) is 26.3 Å². The van der Waals surface area contributed by atoms with Gasteiger partial charge < -0.3 is 10.5 Å². The third-order valence-electron chi connectivity index (χ3n) is 3.98. The zero-order valence-electron chi connectivity index (χ0n) is 15.5. The highest BCUT2D eigenvalue weighted by Gasteiger charge is 2.37. The molecule has 2 N–H and O–H groups in total. The molecule has 1 amide bonds. The molecule has 0 radical (unpaired) electrons. The molecule has 0 spiro atoms. The van der Waals surface area contributed by atoms with Crippen molar-refractivity contribution in [1.82, 2.24) is 0 Å². The summed E-state index contributed by atoms with van der Waals surface area (Å²) in [6.45, 7) is 1.64. The van der Waals surface area contributed by atoms with Crippen molar-refractivity contribution in [2.45, 2.75) is 25.7 Å². The molecule has 2 aromatic rings. The zero-order valence-corrected chi connectivity index (χ0v) is 15.5. The predicted octanol–water partition coefficient (Wildman–Crippen LogP) is 5.88. The first kappa shape index (κ1) is 23.0. The summed E-state index contributed by atoms with van der Waals surface area (Å²) >= 11 is 0. The largest absolute Gasteiger partial charge is 0.417 e. The molecule has 4 nitrogen and oxygen atoms in total. The highest BCUT2D eigenvalue weighted by Crippen LogP contribution is 2.37. The van der Waals surface area contributed by atoms with Crippen molar-refractivity contribution >= 4 is 22.9 Å². The van der Waals surface area contributed by atoms with Gasteiger partial charge in [0, 0.05) is 17.7 Å². The number of rotatable bonds is 5. The topological polar surface area (TPSA) is 61.7 Å². The average molecular weight is 430 g/mol. The third-order valence-corrected chi connectivity index (χ3v) is 3.98. The Kier molecular flexibility index (Phi) is 6.91. The lowest BCUT2D eigenvalue weighted by Crippen LogP contribution is -2.14. The van der Waals surface area contributed by atoms with Gasteiger partial charge in [0.15, 0.2) is 0 Å². The van der Waals surface area contributed by atoms with E-state index < -0.39 is 34.8 Å². The molecule has 160 valence electrons. The molecule has 0 heterocycles. The number of allylic oxidation sites excluding steroid dienone is 2. The second-order valence-electron chi connectivity index (χ2n) is 6.10. The van der Waals surface area contributed by atoms with Crippen molar-refractivity contribution in [3.05, 3.63) is 71.3 Å². The summed E-state index contributed by atoms with van der Waals surface area (Å²) in [7, 11) is 0. The van der Waals surface area contributed by atoms with Gasteiger partial charge in [0.25, 0.3) is 0 Å². The minimum absolute atomic E-state index is 0.0562. The van der Waals surface area contributed by atoms with Crippen molar-refractivity contribution in [2.24, 2.45) is 5.16 Å². The van der Waals surface area contributed by atoms with Crippen LogP contribution in [0.15, 0.2) is 59.8 Å². The number of hydrogen-bond acceptors (Lipinski definition) is 3. The highest BCUT2D eigenvalue weighted by atomic mass is 19.4. The molecule has 30 heavy (non-hydrogen) atoms. The minimum atomic E-state index is -5.02. The number of anilines is 1. The van der Waals surface area contributed by atoms with Crippen molar-refractivity contribution in [2.75, 3.05) is 5.32 Å². The van der Waals surface area contributed by atoms with Crippen molar-refractivity contribution in [3.63, 3.8) is 0 Å². The number of halogens is 6. The first-order chi connectivity index (χ1) is 14.0. The average Bonchev–Trinajstić information content (AvgIpc) is 2.68. The summed E-state index contributed by atoms with van der Waals surface area (Å²) in [6.07, 6.45) is -9.16. The van der Waals surface area contributed by atoms with Gasteiger partial charge in [0.2, 0.25) is 5.91 Å². The van der Waals surface area contributed by atoms with Gasteiger partial charge in [-0.05, 0) is 35.9 Å². The van der Waals surface area contributed by atoms with Crippen molar-refractivity contribution in [3.8, 4) is 0 Å². The van der Waals surface area contributed by atoms with E-state index in [0.29, 0.717) is 23.9 Å². The van der Waals surface area contributed by atoms with Gasteiger partial charge in [-0.15, -0.1) is 0 Å². The van der Waals surface area contributed by atoms with Crippen LogP contribution in [0.5, 0.6) is 0 Å². The molecule has 0 atom stereocenters.